The largest absolute Gasteiger partial charge is 0.261 e. The summed E-state index contributed by atoms with van der Waals surface area (Å²) in [6, 6.07) is 2.25. The van der Waals surface area contributed by atoms with E-state index in [0.717, 1.165) is 6.42 Å². The van der Waals surface area contributed by atoms with Gasteiger partial charge >= 0.3 is 0 Å². The number of hydrogen-bond acceptors (Lipinski definition) is 1. The van der Waals surface area contributed by atoms with Crippen LogP contribution in [0, 0.1) is 0 Å². The molecule has 1 aromatic heterocycles. The molecule has 0 aliphatic heterocycles. The van der Waals surface area contributed by atoms with Crippen molar-refractivity contribution in [1.82, 2.24) is 4.98 Å². The zero-order valence-electron chi connectivity index (χ0n) is 12.5. The van der Waals surface area contributed by atoms with Gasteiger partial charge < -0.3 is 0 Å². The van der Waals surface area contributed by atoms with Gasteiger partial charge in [-0.1, -0.05) is 40.0 Å². The van der Waals surface area contributed by atoms with Crippen molar-refractivity contribution < 1.29 is 0 Å². The van der Waals surface area contributed by atoms with E-state index in [1.165, 1.54) is 57.1 Å². The Morgan fingerprint density at radius 1 is 0.833 bits per heavy atom. The number of aryl methyl sites for hydroxylation is 2. The molecule has 0 aliphatic carbocycles. The topological polar surface area (TPSA) is 12.9 Å². The second kappa shape index (κ2) is 9.13. The van der Waals surface area contributed by atoms with Crippen LogP contribution in [0.15, 0.2) is 12.3 Å². The van der Waals surface area contributed by atoms with Gasteiger partial charge in [-0.2, -0.15) is 0 Å². The molecule has 0 radical (unpaired) electrons. The molecule has 0 saturated carbocycles. The van der Waals surface area contributed by atoms with E-state index in [2.05, 4.69) is 31.8 Å². The standard InChI is InChI=1S/C17H29N/c1-4-7-10-15-13-14-18-17(12-9-6-3)16(15)11-8-5-2/h13-14H,4-12H2,1-3H3. The Balaban J connectivity index is 2.85. The van der Waals surface area contributed by atoms with Gasteiger partial charge in [-0.3, -0.25) is 4.98 Å². The lowest BCUT2D eigenvalue weighted by atomic mass is 9.95. The molecule has 0 amide bonds. The first kappa shape index (κ1) is 15.2. The number of hydrogen-bond donors (Lipinski definition) is 0. The quantitative estimate of drug-likeness (QED) is 0.591. The fourth-order valence-corrected chi connectivity index (χ4v) is 2.40. The monoisotopic (exact) mass is 247 g/mol. The number of aromatic nitrogens is 1. The van der Waals surface area contributed by atoms with Gasteiger partial charge in [0.25, 0.3) is 0 Å². The summed E-state index contributed by atoms with van der Waals surface area (Å²) in [6.07, 6.45) is 13.3. The summed E-state index contributed by atoms with van der Waals surface area (Å²) in [7, 11) is 0. The molecule has 1 rings (SSSR count). The maximum Gasteiger partial charge on any atom is 0.0438 e. The van der Waals surface area contributed by atoms with Crippen LogP contribution in [0.3, 0.4) is 0 Å². The van der Waals surface area contributed by atoms with Crippen LogP contribution in [-0.4, -0.2) is 4.98 Å². The summed E-state index contributed by atoms with van der Waals surface area (Å²) < 4.78 is 0. The van der Waals surface area contributed by atoms with Crippen LogP contribution >= 0.6 is 0 Å². The molecule has 0 saturated heterocycles. The first-order valence-electron chi connectivity index (χ1n) is 7.79. The van der Waals surface area contributed by atoms with Gasteiger partial charge in [-0.15, -0.1) is 0 Å². The Labute approximate surface area is 113 Å². The molecule has 0 aromatic carbocycles. The molecule has 0 fully saturated rings. The minimum absolute atomic E-state index is 1.16. The van der Waals surface area contributed by atoms with Gasteiger partial charge in [-0.05, 0) is 55.7 Å². The zero-order valence-corrected chi connectivity index (χ0v) is 12.5. The van der Waals surface area contributed by atoms with Crippen molar-refractivity contribution in [1.29, 1.82) is 0 Å². The summed E-state index contributed by atoms with van der Waals surface area (Å²) in [5.74, 6) is 0. The van der Waals surface area contributed by atoms with Crippen LogP contribution < -0.4 is 0 Å². The number of unbranched alkanes of at least 4 members (excludes halogenated alkanes) is 3. The molecule has 1 aromatic rings. The number of pyridine rings is 1. The van der Waals surface area contributed by atoms with Crippen LogP contribution in [0.5, 0.6) is 0 Å². The van der Waals surface area contributed by atoms with Crippen molar-refractivity contribution >= 4 is 0 Å². The highest BCUT2D eigenvalue weighted by Gasteiger charge is 2.08. The molecule has 102 valence electrons. The highest BCUT2D eigenvalue weighted by molar-refractivity contribution is 5.30. The van der Waals surface area contributed by atoms with Crippen LogP contribution in [-0.2, 0) is 19.3 Å². The second-order valence-corrected chi connectivity index (χ2v) is 5.21. The smallest absolute Gasteiger partial charge is 0.0438 e. The van der Waals surface area contributed by atoms with E-state index >= 15 is 0 Å². The fraction of sp³-hybridized carbons (Fsp3) is 0.706. The summed E-state index contributed by atoms with van der Waals surface area (Å²) >= 11 is 0. The van der Waals surface area contributed by atoms with Crippen LogP contribution in [0.1, 0.15) is 76.1 Å². The minimum atomic E-state index is 1.16. The maximum absolute atomic E-state index is 4.64. The summed E-state index contributed by atoms with van der Waals surface area (Å²) in [6.45, 7) is 6.80. The third-order valence-electron chi connectivity index (χ3n) is 3.59. The van der Waals surface area contributed by atoms with Gasteiger partial charge in [0.15, 0.2) is 0 Å². The SMILES string of the molecule is CCCCc1ccnc(CCCC)c1CCCC. The Hall–Kier alpha value is -0.850. The molecule has 0 N–H and O–H groups in total. The van der Waals surface area contributed by atoms with Gasteiger partial charge in [0.1, 0.15) is 0 Å². The normalized spacial score (nSPS) is 10.8. The molecule has 1 heterocycles. The first-order valence-corrected chi connectivity index (χ1v) is 7.79. The van der Waals surface area contributed by atoms with E-state index in [1.54, 1.807) is 11.1 Å². The van der Waals surface area contributed by atoms with Gasteiger partial charge in [0.05, 0.1) is 0 Å². The van der Waals surface area contributed by atoms with E-state index in [1.807, 2.05) is 6.20 Å². The lowest BCUT2D eigenvalue weighted by Gasteiger charge is -2.13. The molecule has 0 unspecified atom stereocenters. The zero-order chi connectivity index (χ0) is 13.2. The predicted molar refractivity (Wildman–Crippen MR) is 80.1 cm³/mol. The summed E-state index contributed by atoms with van der Waals surface area (Å²) in [5.41, 5.74) is 4.51. The fourth-order valence-electron chi connectivity index (χ4n) is 2.40. The van der Waals surface area contributed by atoms with Crippen LogP contribution in [0.25, 0.3) is 0 Å². The lowest BCUT2D eigenvalue weighted by molar-refractivity contribution is 0.720. The van der Waals surface area contributed by atoms with E-state index < -0.39 is 0 Å². The third kappa shape index (κ3) is 4.80. The van der Waals surface area contributed by atoms with Crippen molar-refractivity contribution in [2.75, 3.05) is 0 Å². The van der Waals surface area contributed by atoms with Gasteiger partial charge in [0.2, 0.25) is 0 Å². The maximum atomic E-state index is 4.64. The molecule has 1 nitrogen and oxygen atoms in total. The average molecular weight is 247 g/mol. The van der Waals surface area contributed by atoms with Crippen molar-refractivity contribution in [2.45, 2.75) is 78.6 Å². The molecular weight excluding hydrogens is 218 g/mol. The molecule has 0 bridgehead atoms. The highest BCUT2D eigenvalue weighted by Crippen LogP contribution is 2.19. The minimum Gasteiger partial charge on any atom is -0.261 e. The lowest BCUT2D eigenvalue weighted by Crippen LogP contribution is -2.04. The number of rotatable bonds is 9. The van der Waals surface area contributed by atoms with Crippen molar-refractivity contribution in [3.05, 3.63) is 29.1 Å². The van der Waals surface area contributed by atoms with Gasteiger partial charge in [0, 0.05) is 11.9 Å². The Bertz CT molecular complexity index is 304. The van der Waals surface area contributed by atoms with Crippen LogP contribution in [0.4, 0.5) is 0 Å². The average Bonchev–Trinajstić information content (AvgIpc) is 2.41. The Morgan fingerprint density at radius 3 is 2.11 bits per heavy atom. The Kier molecular flexibility index (Phi) is 7.71. The van der Waals surface area contributed by atoms with E-state index in [0.29, 0.717) is 0 Å². The molecule has 0 atom stereocenters. The van der Waals surface area contributed by atoms with Crippen LogP contribution in [0.2, 0.25) is 0 Å². The summed E-state index contributed by atoms with van der Waals surface area (Å²) in [5, 5.41) is 0. The van der Waals surface area contributed by atoms with E-state index in [4.69, 9.17) is 0 Å². The summed E-state index contributed by atoms with van der Waals surface area (Å²) in [4.78, 5) is 4.64. The Morgan fingerprint density at radius 2 is 1.44 bits per heavy atom. The molecule has 1 heteroatoms. The van der Waals surface area contributed by atoms with Crippen molar-refractivity contribution in [2.24, 2.45) is 0 Å². The molecule has 0 spiro atoms. The van der Waals surface area contributed by atoms with Gasteiger partial charge in [-0.25, -0.2) is 0 Å². The van der Waals surface area contributed by atoms with Crippen molar-refractivity contribution in [3.8, 4) is 0 Å². The molecular formula is C17H29N. The second-order valence-electron chi connectivity index (χ2n) is 5.21. The number of nitrogens with zero attached hydrogens (tertiary/aromatic N) is 1. The predicted octanol–water partition coefficient (Wildman–Crippen LogP) is 5.11. The van der Waals surface area contributed by atoms with E-state index in [-0.39, 0.29) is 0 Å². The third-order valence-corrected chi connectivity index (χ3v) is 3.59. The molecule has 0 aliphatic rings. The molecule has 18 heavy (non-hydrogen) atoms. The van der Waals surface area contributed by atoms with E-state index in [9.17, 15) is 0 Å². The highest BCUT2D eigenvalue weighted by atomic mass is 14.7. The first-order chi connectivity index (χ1) is 8.83. The van der Waals surface area contributed by atoms with Crippen molar-refractivity contribution in [3.63, 3.8) is 0 Å².